The molecule has 1 saturated carbocycles. The maximum absolute atomic E-state index is 13.6. The van der Waals surface area contributed by atoms with Gasteiger partial charge in [0.1, 0.15) is 22.7 Å². The summed E-state index contributed by atoms with van der Waals surface area (Å²) >= 11 is 0. The van der Waals surface area contributed by atoms with Crippen LogP contribution in [0.25, 0.3) is 0 Å². The van der Waals surface area contributed by atoms with E-state index in [2.05, 4.69) is 10.5 Å². The number of oxime groups is 1. The van der Waals surface area contributed by atoms with Gasteiger partial charge in [0.25, 0.3) is 5.91 Å². The summed E-state index contributed by atoms with van der Waals surface area (Å²) in [5.74, 6) is -2.96. The van der Waals surface area contributed by atoms with Crippen molar-refractivity contribution >= 4 is 11.7 Å². The van der Waals surface area contributed by atoms with Gasteiger partial charge in [0, 0.05) is 0 Å². The van der Waals surface area contributed by atoms with Crippen LogP contribution >= 0.6 is 0 Å². The zero-order valence-electron chi connectivity index (χ0n) is 10.7. The monoisotopic (exact) mass is 283 g/mol. The van der Waals surface area contributed by atoms with Gasteiger partial charge in [-0.2, -0.15) is 0 Å². The average molecular weight is 283 g/mol. The Morgan fingerprint density at radius 3 is 2.35 bits per heavy atom. The quantitative estimate of drug-likeness (QED) is 0.342. The lowest BCUT2D eigenvalue weighted by Crippen LogP contribution is -2.56. The maximum atomic E-state index is 13.6. The number of hydrogen-bond donors (Lipinski definition) is 3. The van der Waals surface area contributed by atoms with Crippen molar-refractivity contribution in [2.75, 3.05) is 0 Å². The lowest BCUT2D eigenvalue weighted by Gasteiger charge is -2.28. The molecule has 0 aromatic heterocycles. The Morgan fingerprint density at radius 1 is 1.30 bits per heavy atom. The highest BCUT2D eigenvalue weighted by Crippen LogP contribution is 2.30. The van der Waals surface area contributed by atoms with Gasteiger partial charge in [0.05, 0.1) is 0 Å². The number of carbonyl (C=O) groups is 1. The van der Waals surface area contributed by atoms with Crippen LogP contribution in [-0.4, -0.2) is 22.5 Å². The highest BCUT2D eigenvalue weighted by molar-refractivity contribution is 6.00. The fourth-order valence-electron chi connectivity index (χ4n) is 2.51. The van der Waals surface area contributed by atoms with Crippen LogP contribution in [-0.2, 0) is 0 Å². The Balaban J connectivity index is 2.30. The van der Waals surface area contributed by atoms with Gasteiger partial charge in [0.2, 0.25) is 0 Å². The summed E-state index contributed by atoms with van der Waals surface area (Å²) in [6.45, 7) is 0. The predicted molar refractivity (Wildman–Crippen MR) is 68.4 cm³/mol. The van der Waals surface area contributed by atoms with Crippen LogP contribution in [0.5, 0.6) is 0 Å². The second kappa shape index (κ2) is 5.44. The number of carbonyl (C=O) groups excluding carboxylic acids is 1. The summed E-state index contributed by atoms with van der Waals surface area (Å²) in [6, 6.07) is 3.18. The molecular formula is C13H15F2N3O2. The van der Waals surface area contributed by atoms with Gasteiger partial charge in [-0.1, -0.05) is 24.1 Å². The number of benzene rings is 1. The SMILES string of the molecule is N/C(=N/O)C1(NC(=O)c2c(F)cccc2F)CCCC1. The van der Waals surface area contributed by atoms with E-state index < -0.39 is 28.6 Å². The minimum absolute atomic E-state index is 0.153. The summed E-state index contributed by atoms with van der Waals surface area (Å²) in [5, 5.41) is 14.2. The van der Waals surface area contributed by atoms with E-state index in [-0.39, 0.29) is 5.84 Å². The van der Waals surface area contributed by atoms with Crippen LogP contribution in [0.2, 0.25) is 0 Å². The Kier molecular flexibility index (Phi) is 3.87. The fourth-order valence-corrected chi connectivity index (χ4v) is 2.51. The first-order chi connectivity index (χ1) is 9.50. The molecule has 1 aromatic rings. The zero-order valence-corrected chi connectivity index (χ0v) is 10.7. The molecule has 1 aromatic carbocycles. The van der Waals surface area contributed by atoms with Crippen molar-refractivity contribution in [3.05, 3.63) is 35.4 Å². The van der Waals surface area contributed by atoms with Crippen LogP contribution < -0.4 is 11.1 Å². The van der Waals surface area contributed by atoms with Crippen molar-refractivity contribution in [3.63, 3.8) is 0 Å². The van der Waals surface area contributed by atoms with E-state index in [1.807, 2.05) is 0 Å². The maximum Gasteiger partial charge on any atom is 0.258 e. The molecule has 0 aliphatic heterocycles. The molecule has 1 amide bonds. The number of halogens is 2. The molecular weight excluding hydrogens is 268 g/mol. The van der Waals surface area contributed by atoms with Gasteiger partial charge in [0.15, 0.2) is 5.84 Å². The number of hydrogen-bond acceptors (Lipinski definition) is 3. The molecule has 0 atom stereocenters. The van der Waals surface area contributed by atoms with E-state index in [0.717, 1.165) is 25.0 Å². The van der Waals surface area contributed by atoms with Crippen molar-refractivity contribution in [2.24, 2.45) is 10.9 Å². The zero-order chi connectivity index (χ0) is 14.8. The number of nitrogens with one attached hydrogen (secondary N) is 1. The standard InChI is InChI=1S/C13H15F2N3O2/c14-8-4-3-5-9(15)10(8)11(19)17-13(12(16)18-20)6-1-2-7-13/h3-5,20H,1-2,6-7H2,(H2,16,18)(H,17,19). The highest BCUT2D eigenvalue weighted by Gasteiger charge is 2.40. The van der Waals surface area contributed by atoms with Gasteiger partial charge in [-0.25, -0.2) is 8.78 Å². The minimum Gasteiger partial charge on any atom is -0.409 e. The first kappa shape index (κ1) is 14.2. The third-order valence-electron chi connectivity index (χ3n) is 3.60. The van der Waals surface area contributed by atoms with Crippen molar-refractivity contribution in [1.29, 1.82) is 0 Å². The predicted octanol–water partition coefficient (Wildman–Crippen LogP) is 1.75. The minimum atomic E-state index is -1.04. The molecule has 0 unspecified atom stereocenters. The Bertz CT molecular complexity index is 534. The highest BCUT2D eigenvalue weighted by atomic mass is 19.1. The van der Waals surface area contributed by atoms with E-state index >= 15 is 0 Å². The normalized spacial score (nSPS) is 18.0. The largest absolute Gasteiger partial charge is 0.409 e. The second-order valence-electron chi connectivity index (χ2n) is 4.83. The average Bonchev–Trinajstić information content (AvgIpc) is 2.87. The van der Waals surface area contributed by atoms with E-state index in [4.69, 9.17) is 10.9 Å². The van der Waals surface area contributed by atoms with Crippen LogP contribution in [0.4, 0.5) is 8.78 Å². The van der Waals surface area contributed by atoms with Gasteiger partial charge >= 0.3 is 0 Å². The molecule has 7 heteroatoms. The van der Waals surface area contributed by atoms with Gasteiger partial charge < -0.3 is 16.3 Å². The smallest absolute Gasteiger partial charge is 0.258 e. The molecule has 1 aliphatic carbocycles. The number of nitrogens with two attached hydrogens (primary N) is 1. The van der Waals surface area contributed by atoms with Gasteiger partial charge in [-0.05, 0) is 25.0 Å². The molecule has 0 heterocycles. The first-order valence-corrected chi connectivity index (χ1v) is 6.25. The third-order valence-corrected chi connectivity index (χ3v) is 3.60. The molecule has 20 heavy (non-hydrogen) atoms. The lowest BCUT2D eigenvalue weighted by atomic mass is 9.95. The van der Waals surface area contributed by atoms with Crippen LogP contribution in [0.3, 0.4) is 0 Å². The molecule has 108 valence electrons. The van der Waals surface area contributed by atoms with Crippen LogP contribution in [0.15, 0.2) is 23.4 Å². The van der Waals surface area contributed by atoms with Crippen molar-refractivity contribution in [2.45, 2.75) is 31.2 Å². The topological polar surface area (TPSA) is 87.7 Å². The molecule has 5 nitrogen and oxygen atoms in total. The Morgan fingerprint density at radius 2 is 1.85 bits per heavy atom. The van der Waals surface area contributed by atoms with Crippen LogP contribution in [0.1, 0.15) is 36.0 Å². The number of nitrogens with zero attached hydrogens (tertiary/aromatic N) is 1. The van der Waals surface area contributed by atoms with E-state index in [1.165, 1.54) is 6.07 Å². The molecule has 4 N–H and O–H groups in total. The van der Waals surface area contributed by atoms with Crippen molar-refractivity contribution in [1.82, 2.24) is 5.32 Å². The van der Waals surface area contributed by atoms with E-state index in [0.29, 0.717) is 12.8 Å². The second-order valence-corrected chi connectivity index (χ2v) is 4.83. The van der Waals surface area contributed by atoms with Gasteiger partial charge in [-0.15, -0.1) is 0 Å². The summed E-state index contributed by atoms with van der Waals surface area (Å²) in [6.07, 6.45) is 2.47. The molecule has 1 fully saturated rings. The molecule has 0 radical (unpaired) electrons. The van der Waals surface area contributed by atoms with Crippen LogP contribution in [0, 0.1) is 11.6 Å². The molecule has 0 spiro atoms. The Hall–Kier alpha value is -2.18. The molecule has 0 saturated heterocycles. The summed E-state index contributed by atoms with van der Waals surface area (Å²) in [4.78, 5) is 12.1. The van der Waals surface area contributed by atoms with E-state index in [1.54, 1.807) is 0 Å². The summed E-state index contributed by atoms with van der Waals surface area (Å²) < 4.78 is 27.1. The number of amides is 1. The van der Waals surface area contributed by atoms with Gasteiger partial charge in [-0.3, -0.25) is 4.79 Å². The van der Waals surface area contributed by atoms with Crippen molar-refractivity contribution < 1.29 is 18.8 Å². The first-order valence-electron chi connectivity index (χ1n) is 6.25. The fraction of sp³-hybridized carbons (Fsp3) is 0.385. The molecule has 0 bridgehead atoms. The third kappa shape index (κ3) is 2.43. The summed E-state index contributed by atoms with van der Waals surface area (Å²) in [7, 11) is 0. The summed E-state index contributed by atoms with van der Waals surface area (Å²) in [5.41, 5.74) is 3.91. The Labute approximate surface area is 114 Å². The van der Waals surface area contributed by atoms with Crippen molar-refractivity contribution in [3.8, 4) is 0 Å². The molecule has 2 rings (SSSR count). The molecule has 1 aliphatic rings. The lowest BCUT2D eigenvalue weighted by molar-refractivity contribution is 0.0914. The number of amidine groups is 1. The number of rotatable bonds is 3. The van der Waals surface area contributed by atoms with E-state index in [9.17, 15) is 13.6 Å².